The van der Waals surface area contributed by atoms with Crippen molar-refractivity contribution in [1.82, 2.24) is 4.98 Å². The first-order valence-corrected chi connectivity index (χ1v) is 10.6. The van der Waals surface area contributed by atoms with E-state index in [1.54, 1.807) is 12.3 Å². The Labute approximate surface area is 179 Å². The quantitative estimate of drug-likeness (QED) is 0.677. The summed E-state index contributed by atoms with van der Waals surface area (Å²) in [5.74, 6) is 0.155. The molecule has 1 N–H and O–H groups in total. The molecule has 0 unspecified atom stereocenters. The smallest absolute Gasteiger partial charge is 0.376 e. The Morgan fingerprint density at radius 2 is 1.94 bits per heavy atom. The lowest BCUT2D eigenvalue weighted by molar-refractivity contribution is -0.137. The van der Waals surface area contributed by atoms with Crippen molar-refractivity contribution in [3.63, 3.8) is 0 Å². The van der Waals surface area contributed by atoms with E-state index in [-0.39, 0.29) is 36.3 Å². The number of ether oxygens (including phenoxy) is 1. The number of amides is 1. The minimum Gasteiger partial charge on any atom is -0.376 e. The summed E-state index contributed by atoms with van der Waals surface area (Å²) < 4.78 is 46.1. The van der Waals surface area contributed by atoms with Crippen LogP contribution < -0.4 is 10.2 Å². The van der Waals surface area contributed by atoms with Gasteiger partial charge >= 0.3 is 6.18 Å². The van der Waals surface area contributed by atoms with Gasteiger partial charge in [0, 0.05) is 17.7 Å². The van der Waals surface area contributed by atoms with E-state index in [2.05, 4.69) is 10.3 Å². The fraction of sp³-hybridized carbons (Fsp3) is 0.478. The maximum Gasteiger partial charge on any atom is 0.416 e. The monoisotopic (exact) mass is 433 g/mol. The number of pyridine rings is 1. The molecule has 4 rings (SSSR count). The molecular weight excluding hydrogens is 407 g/mol. The Hall–Kier alpha value is -2.61. The molecule has 1 fully saturated rings. The highest BCUT2D eigenvalue weighted by molar-refractivity contribution is 5.99. The van der Waals surface area contributed by atoms with Crippen LogP contribution in [-0.4, -0.2) is 23.1 Å². The summed E-state index contributed by atoms with van der Waals surface area (Å²) in [6.07, 6.45) is 0.247. The van der Waals surface area contributed by atoms with Crippen LogP contribution in [0.1, 0.15) is 50.7 Å². The fourth-order valence-corrected chi connectivity index (χ4v) is 4.35. The second kappa shape index (κ2) is 8.49. The van der Waals surface area contributed by atoms with Gasteiger partial charge in [-0.2, -0.15) is 13.2 Å². The molecule has 1 aliphatic heterocycles. The van der Waals surface area contributed by atoms with Gasteiger partial charge in [0.1, 0.15) is 5.82 Å². The molecule has 1 aromatic carbocycles. The van der Waals surface area contributed by atoms with Gasteiger partial charge in [0.15, 0.2) is 0 Å². The number of carbonyl (C=O) groups excluding carboxylic acids is 1. The summed E-state index contributed by atoms with van der Waals surface area (Å²) >= 11 is 0. The Bertz CT molecular complexity index is 953. The third-order valence-corrected chi connectivity index (χ3v) is 5.84. The number of hydrogen-bond acceptors (Lipinski definition) is 4. The van der Waals surface area contributed by atoms with Crippen molar-refractivity contribution in [3.8, 4) is 0 Å². The first kappa shape index (κ1) is 21.6. The van der Waals surface area contributed by atoms with Crippen molar-refractivity contribution >= 4 is 23.1 Å². The number of hydrogen-bond donors (Lipinski definition) is 1. The lowest BCUT2D eigenvalue weighted by atomic mass is 9.86. The van der Waals surface area contributed by atoms with E-state index in [0.717, 1.165) is 30.5 Å². The van der Waals surface area contributed by atoms with Gasteiger partial charge in [-0.25, -0.2) is 4.98 Å². The first-order valence-electron chi connectivity index (χ1n) is 10.6. The van der Waals surface area contributed by atoms with Crippen molar-refractivity contribution in [1.29, 1.82) is 0 Å². The molecule has 0 spiro atoms. The van der Waals surface area contributed by atoms with E-state index in [0.29, 0.717) is 24.3 Å². The minimum absolute atomic E-state index is 0.129. The molecule has 2 heterocycles. The van der Waals surface area contributed by atoms with Crippen molar-refractivity contribution in [2.75, 3.05) is 10.2 Å². The van der Waals surface area contributed by atoms with E-state index < -0.39 is 11.7 Å². The lowest BCUT2D eigenvalue weighted by Gasteiger charge is -2.33. The van der Waals surface area contributed by atoms with Crippen LogP contribution in [-0.2, 0) is 22.3 Å². The molecule has 1 aromatic heterocycles. The maximum absolute atomic E-state index is 13.5. The highest BCUT2D eigenvalue weighted by atomic mass is 19.4. The highest BCUT2D eigenvalue weighted by Gasteiger charge is 2.36. The fourth-order valence-electron chi connectivity index (χ4n) is 4.35. The van der Waals surface area contributed by atoms with Gasteiger partial charge in [0.25, 0.3) is 0 Å². The number of anilines is 3. The zero-order valence-corrected chi connectivity index (χ0v) is 17.6. The van der Waals surface area contributed by atoms with Crippen molar-refractivity contribution < 1.29 is 22.7 Å². The van der Waals surface area contributed by atoms with Gasteiger partial charge in [-0.05, 0) is 63.8 Å². The third-order valence-electron chi connectivity index (χ3n) is 5.84. The van der Waals surface area contributed by atoms with Crippen LogP contribution in [0, 0.1) is 5.92 Å². The van der Waals surface area contributed by atoms with Crippen LogP contribution in [0.25, 0.3) is 0 Å². The van der Waals surface area contributed by atoms with Crippen LogP contribution in [0.2, 0.25) is 0 Å². The van der Waals surface area contributed by atoms with Gasteiger partial charge in [-0.15, -0.1) is 0 Å². The number of rotatable bonds is 3. The van der Waals surface area contributed by atoms with Crippen LogP contribution in [0.5, 0.6) is 0 Å². The molecule has 166 valence electrons. The molecular formula is C23H26F3N3O2. The Morgan fingerprint density at radius 3 is 2.61 bits per heavy atom. The number of nitrogens with one attached hydrogen (secondary N) is 1. The summed E-state index contributed by atoms with van der Waals surface area (Å²) in [5.41, 5.74) is 0.658. The van der Waals surface area contributed by atoms with Gasteiger partial charge in [-0.3, -0.25) is 4.79 Å². The normalized spacial score (nSPS) is 21.2. The molecule has 5 nitrogen and oxygen atoms in total. The van der Waals surface area contributed by atoms with Gasteiger partial charge < -0.3 is 15.0 Å². The van der Waals surface area contributed by atoms with E-state index in [4.69, 9.17) is 4.74 Å². The number of carbonyl (C=O) groups is 1. The van der Waals surface area contributed by atoms with Crippen LogP contribution in [0.15, 0.2) is 36.5 Å². The van der Waals surface area contributed by atoms with Gasteiger partial charge in [0.2, 0.25) is 5.91 Å². The number of nitrogens with zero attached hydrogens (tertiary/aromatic N) is 2. The second-order valence-electron chi connectivity index (χ2n) is 8.45. The third kappa shape index (κ3) is 4.69. The average molecular weight is 433 g/mol. The number of alkyl halides is 3. The van der Waals surface area contributed by atoms with Crippen molar-refractivity contribution in [2.24, 2.45) is 5.92 Å². The number of halogens is 3. The topological polar surface area (TPSA) is 54.5 Å². The van der Waals surface area contributed by atoms with E-state index in [1.807, 2.05) is 19.9 Å². The minimum atomic E-state index is -4.49. The van der Waals surface area contributed by atoms with Crippen molar-refractivity contribution in [2.45, 2.75) is 64.5 Å². The lowest BCUT2D eigenvalue weighted by Crippen LogP contribution is -2.38. The van der Waals surface area contributed by atoms with E-state index in [1.165, 1.54) is 11.0 Å². The summed E-state index contributed by atoms with van der Waals surface area (Å²) in [4.78, 5) is 19.3. The molecule has 2 aliphatic rings. The summed E-state index contributed by atoms with van der Waals surface area (Å²) in [5, 5.41) is 3.11. The molecule has 31 heavy (non-hydrogen) atoms. The zero-order chi connectivity index (χ0) is 22.2. The number of fused-ring (bicyclic) bond motifs is 2. The molecule has 8 heteroatoms. The summed E-state index contributed by atoms with van der Waals surface area (Å²) in [6.45, 7) is 4.15. The predicted molar refractivity (Wildman–Crippen MR) is 112 cm³/mol. The zero-order valence-electron chi connectivity index (χ0n) is 17.6. The standard InChI is InChI=1S/C23H26F3N3O2/c1-14(2)31-18-8-5-15(6-9-18)22(30)29-13-16-4-3-11-27-21(16)28-19-10-7-17(12-20(19)29)23(24,25)26/h3-4,7,10-12,14-15,18H,5-6,8-9,13H2,1-2H3,(H,27,28)/t15-,18-. The molecule has 2 aromatic rings. The van der Waals surface area contributed by atoms with Crippen LogP contribution >= 0.6 is 0 Å². The molecule has 1 amide bonds. The molecule has 1 saturated carbocycles. The molecule has 1 aliphatic carbocycles. The van der Waals surface area contributed by atoms with Gasteiger partial charge in [0.05, 0.1) is 35.7 Å². The molecule has 0 atom stereocenters. The number of benzene rings is 1. The van der Waals surface area contributed by atoms with Crippen molar-refractivity contribution in [3.05, 3.63) is 47.7 Å². The summed E-state index contributed by atoms with van der Waals surface area (Å²) in [7, 11) is 0. The summed E-state index contributed by atoms with van der Waals surface area (Å²) in [6, 6.07) is 7.04. The highest BCUT2D eigenvalue weighted by Crippen LogP contribution is 2.41. The first-order chi connectivity index (χ1) is 14.7. The maximum atomic E-state index is 13.5. The Kier molecular flexibility index (Phi) is 5.92. The van der Waals surface area contributed by atoms with E-state index >= 15 is 0 Å². The average Bonchev–Trinajstić information content (AvgIpc) is 2.89. The molecule has 0 bridgehead atoms. The molecule has 0 radical (unpaired) electrons. The van der Waals surface area contributed by atoms with Crippen LogP contribution in [0.3, 0.4) is 0 Å². The molecule has 0 saturated heterocycles. The largest absolute Gasteiger partial charge is 0.416 e. The second-order valence-corrected chi connectivity index (χ2v) is 8.45. The SMILES string of the molecule is CC(C)O[C@H]1CC[C@H](C(=O)N2Cc3cccnc3Nc3ccc(C(F)(F)F)cc32)CC1. The Balaban J connectivity index is 1.65. The number of aromatic nitrogens is 1. The van der Waals surface area contributed by atoms with Gasteiger partial charge in [-0.1, -0.05) is 6.07 Å². The Morgan fingerprint density at radius 1 is 1.19 bits per heavy atom. The van der Waals surface area contributed by atoms with E-state index in [9.17, 15) is 18.0 Å². The van der Waals surface area contributed by atoms with Crippen LogP contribution in [0.4, 0.5) is 30.4 Å². The predicted octanol–water partition coefficient (Wildman–Crippen LogP) is 5.67.